The van der Waals surface area contributed by atoms with Crippen LogP contribution >= 0.6 is 11.3 Å². The summed E-state index contributed by atoms with van der Waals surface area (Å²) >= 11 is 1.42. The van der Waals surface area contributed by atoms with Gasteiger partial charge in [-0.05, 0) is 11.5 Å². The van der Waals surface area contributed by atoms with Gasteiger partial charge in [0.25, 0.3) is 0 Å². The molecule has 2 heterocycles. The van der Waals surface area contributed by atoms with Gasteiger partial charge in [0.05, 0.1) is 5.51 Å². The third kappa shape index (κ3) is 1.72. The second-order valence-corrected chi connectivity index (χ2v) is 4.32. The highest BCUT2D eigenvalue weighted by Crippen LogP contribution is 2.20. The maximum Gasteiger partial charge on any atom is 0.212 e. The summed E-state index contributed by atoms with van der Waals surface area (Å²) in [5.74, 6) is -0.0388. The molecule has 0 fully saturated rings. The highest BCUT2D eigenvalue weighted by Gasteiger charge is 2.13. The van der Waals surface area contributed by atoms with E-state index in [9.17, 15) is 4.79 Å². The first-order valence-corrected chi connectivity index (χ1v) is 6.06. The zero-order valence-electron chi connectivity index (χ0n) is 8.83. The molecule has 4 heteroatoms. The first-order chi connectivity index (χ1) is 8.36. The molecule has 0 atom stereocenters. The molecule has 0 bridgehead atoms. The summed E-state index contributed by atoms with van der Waals surface area (Å²) in [7, 11) is 0. The summed E-state index contributed by atoms with van der Waals surface area (Å²) in [5.41, 5.74) is 2.84. The van der Waals surface area contributed by atoms with Crippen LogP contribution in [-0.4, -0.2) is 15.8 Å². The van der Waals surface area contributed by atoms with Gasteiger partial charge >= 0.3 is 0 Å². The molecule has 0 saturated heterocycles. The number of carbonyl (C=O) groups is 1. The van der Waals surface area contributed by atoms with Crippen LogP contribution in [0.1, 0.15) is 16.1 Å². The Labute approximate surface area is 102 Å². The van der Waals surface area contributed by atoms with Gasteiger partial charge in [-0.25, -0.2) is 4.98 Å². The van der Waals surface area contributed by atoms with E-state index in [2.05, 4.69) is 9.97 Å². The molecular weight excluding hydrogens is 232 g/mol. The van der Waals surface area contributed by atoms with Crippen LogP contribution in [0.2, 0.25) is 0 Å². The zero-order valence-corrected chi connectivity index (χ0v) is 9.65. The number of hydrogen-bond donors (Lipinski definition) is 0. The first-order valence-electron chi connectivity index (χ1n) is 5.12. The van der Waals surface area contributed by atoms with Crippen LogP contribution in [0.15, 0.2) is 47.5 Å². The minimum atomic E-state index is -0.0388. The van der Waals surface area contributed by atoms with Crippen molar-refractivity contribution in [3.8, 4) is 0 Å². The van der Waals surface area contributed by atoms with Crippen molar-refractivity contribution in [2.45, 2.75) is 0 Å². The van der Waals surface area contributed by atoms with Crippen LogP contribution in [0.25, 0.3) is 10.8 Å². The van der Waals surface area contributed by atoms with Gasteiger partial charge in [-0.15, -0.1) is 11.3 Å². The number of hydrogen-bond acceptors (Lipinski definition) is 4. The Morgan fingerprint density at radius 2 is 2.18 bits per heavy atom. The van der Waals surface area contributed by atoms with Crippen molar-refractivity contribution in [2.75, 3.05) is 0 Å². The molecule has 2 aromatic heterocycles. The Kier molecular flexibility index (Phi) is 2.42. The number of aromatic nitrogens is 2. The second kappa shape index (κ2) is 4.07. The molecule has 3 rings (SSSR count). The topological polar surface area (TPSA) is 42.9 Å². The summed E-state index contributed by atoms with van der Waals surface area (Å²) in [6, 6.07) is 7.49. The van der Waals surface area contributed by atoms with Crippen molar-refractivity contribution in [2.24, 2.45) is 0 Å². The van der Waals surface area contributed by atoms with Crippen molar-refractivity contribution in [3.63, 3.8) is 0 Å². The van der Waals surface area contributed by atoms with Gasteiger partial charge in [-0.2, -0.15) is 0 Å². The lowest BCUT2D eigenvalue weighted by molar-refractivity contribution is 0.103. The largest absolute Gasteiger partial charge is 0.287 e. The lowest BCUT2D eigenvalue weighted by Gasteiger charge is -2.03. The van der Waals surface area contributed by atoms with Gasteiger partial charge < -0.3 is 0 Å². The lowest BCUT2D eigenvalue weighted by atomic mass is 10.0. The summed E-state index contributed by atoms with van der Waals surface area (Å²) in [4.78, 5) is 20.3. The van der Waals surface area contributed by atoms with Crippen LogP contribution in [0, 0.1) is 0 Å². The quantitative estimate of drug-likeness (QED) is 0.647. The van der Waals surface area contributed by atoms with E-state index < -0.39 is 0 Å². The molecule has 17 heavy (non-hydrogen) atoms. The smallest absolute Gasteiger partial charge is 0.212 e. The van der Waals surface area contributed by atoms with Crippen LogP contribution in [0.4, 0.5) is 0 Å². The van der Waals surface area contributed by atoms with Crippen LogP contribution in [0.5, 0.6) is 0 Å². The van der Waals surface area contributed by atoms with E-state index in [4.69, 9.17) is 0 Å². The molecule has 0 saturated carbocycles. The summed E-state index contributed by atoms with van der Waals surface area (Å²) in [6.07, 6.45) is 3.45. The maximum atomic E-state index is 12.2. The highest BCUT2D eigenvalue weighted by atomic mass is 32.1. The average molecular weight is 240 g/mol. The molecule has 0 aliphatic heterocycles. The van der Waals surface area contributed by atoms with E-state index in [1.807, 2.05) is 24.3 Å². The molecular formula is C13H8N2OS. The van der Waals surface area contributed by atoms with Gasteiger partial charge in [0.15, 0.2) is 0 Å². The molecule has 0 amide bonds. The van der Waals surface area contributed by atoms with Gasteiger partial charge in [-0.3, -0.25) is 9.78 Å². The Morgan fingerprint density at radius 1 is 1.24 bits per heavy atom. The van der Waals surface area contributed by atoms with Gasteiger partial charge in [-0.1, -0.05) is 18.2 Å². The molecule has 0 aliphatic carbocycles. The summed E-state index contributed by atoms with van der Waals surface area (Å²) in [6.45, 7) is 0. The number of rotatable bonds is 2. The molecule has 0 spiro atoms. The minimum Gasteiger partial charge on any atom is -0.287 e. The number of thiazole rings is 1. The minimum absolute atomic E-state index is 0.0388. The Balaban J connectivity index is 2.21. The standard InChI is InChI=1S/C13H8N2OS/c16-13(12-7-17-8-15-12)11-3-1-2-9-6-14-5-4-10(9)11/h1-8H. The Hall–Kier alpha value is -2.07. The van der Waals surface area contributed by atoms with E-state index in [0.29, 0.717) is 11.3 Å². The van der Waals surface area contributed by atoms with Crippen molar-refractivity contribution >= 4 is 27.9 Å². The van der Waals surface area contributed by atoms with Crippen LogP contribution in [-0.2, 0) is 0 Å². The predicted octanol–water partition coefficient (Wildman–Crippen LogP) is 2.92. The predicted molar refractivity (Wildman–Crippen MR) is 67.3 cm³/mol. The van der Waals surface area contributed by atoms with Crippen molar-refractivity contribution in [1.82, 2.24) is 9.97 Å². The molecule has 0 N–H and O–H groups in total. The molecule has 82 valence electrons. The van der Waals surface area contributed by atoms with E-state index in [0.717, 1.165) is 10.8 Å². The number of carbonyl (C=O) groups excluding carboxylic acids is 1. The number of pyridine rings is 1. The summed E-state index contributed by atoms with van der Waals surface area (Å²) in [5, 5.41) is 3.65. The number of ketones is 1. The third-order valence-electron chi connectivity index (χ3n) is 2.59. The first kappa shape index (κ1) is 10.1. The monoisotopic (exact) mass is 240 g/mol. The normalized spacial score (nSPS) is 10.6. The zero-order chi connectivity index (χ0) is 11.7. The van der Waals surface area contributed by atoms with Gasteiger partial charge in [0.1, 0.15) is 5.69 Å². The van der Waals surface area contributed by atoms with E-state index >= 15 is 0 Å². The molecule has 0 radical (unpaired) electrons. The summed E-state index contributed by atoms with van der Waals surface area (Å²) < 4.78 is 0. The Bertz CT molecular complexity index is 671. The molecule has 1 aromatic carbocycles. The Morgan fingerprint density at radius 3 is 3.00 bits per heavy atom. The number of fused-ring (bicyclic) bond motifs is 1. The second-order valence-electron chi connectivity index (χ2n) is 3.61. The van der Waals surface area contributed by atoms with E-state index in [1.54, 1.807) is 23.3 Å². The fraction of sp³-hybridized carbons (Fsp3) is 0. The van der Waals surface area contributed by atoms with Crippen LogP contribution < -0.4 is 0 Å². The fourth-order valence-electron chi connectivity index (χ4n) is 1.78. The number of benzene rings is 1. The highest BCUT2D eigenvalue weighted by molar-refractivity contribution is 7.07. The number of nitrogens with zero attached hydrogens (tertiary/aromatic N) is 2. The molecule has 3 nitrogen and oxygen atoms in total. The lowest BCUT2D eigenvalue weighted by Crippen LogP contribution is -2.02. The molecule has 0 unspecified atom stereocenters. The van der Waals surface area contributed by atoms with Gasteiger partial charge in [0, 0.05) is 28.7 Å². The average Bonchev–Trinajstić information content (AvgIpc) is 2.91. The SMILES string of the molecule is O=C(c1cscn1)c1cccc2cnccc12. The molecule has 3 aromatic rings. The van der Waals surface area contributed by atoms with E-state index in [1.165, 1.54) is 11.3 Å². The van der Waals surface area contributed by atoms with Crippen LogP contribution in [0.3, 0.4) is 0 Å². The fourth-order valence-corrected chi connectivity index (χ4v) is 2.32. The van der Waals surface area contributed by atoms with Gasteiger partial charge in [0.2, 0.25) is 5.78 Å². The van der Waals surface area contributed by atoms with Crippen molar-refractivity contribution in [1.29, 1.82) is 0 Å². The third-order valence-corrected chi connectivity index (χ3v) is 3.18. The van der Waals surface area contributed by atoms with Crippen molar-refractivity contribution in [3.05, 3.63) is 58.8 Å². The van der Waals surface area contributed by atoms with E-state index in [-0.39, 0.29) is 5.78 Å². The molecule has 0 aliphatic rings. The van der Waals surface area contributed by atoms with Crippen molar-refractivity contribution < 1.29 is 4.79 Å². The maximum absolute atomic E-state index is 12.2.